The van der Waals surface area contributed by atoms with Gasteiger partial charge in [0, 0.05) is 17.1 Å². The summed E-state index contributed by atoms with van der Waals surface area (Å²) in [5.41, 5.74) is 0. The van der Waals surface area contributed by atoms with Crippen molar-refractivity contribution in [1.82, 2.24) is 0 Å². The molecule has 0 aromatic heterocycles. The van der Waals surface area contributed by atoms with E-state index < -0.39 is 9.05 Å². The van der Waals surface area contributed by atoms with Crippen LogP contribution in [0.3, 0.4) is 0 Å². The molecule has 10 heavy (non-hydrogen) atoms. The number of hydrogen-bond acceptors (Lipinski definition) is 4. The third-order valence-corrected chi connectivity index (χ3v) is 0. The van der Waals surface area contributed by atoms with E-state index in [-0.39, 0.29) is 106 Å². The first-order chi connectivity index (χ1) is 2.00. The molecule has 0 aliphatic heterocycles. The molecule has 0 aliphatic rings. The Morgan fingerprint density at radius 1 is 1.00 bits per heavy atom. The largest absolute Gasteiger partial charge is 2.00 e. The molecule has 0 heterocycles. The molecule has 0 spiro atoms. The van der Waals surface area contributed by atoms with Crippen molar-refractivity contribution in [3.8, 4) is 0 Å². The van der Waals surface area contributed by atoms with Gasteiger partial charge in [-0.15, -0.1) is 0 Å². The summed E-state index contributed by atoms with van der Waals surface area (Å²) in [6.45, 7) is 0. The van der Waals surface area contributed by atoms with Crippen LogP contribution in [0.5, 0.6) is 0 Å². The zero-order valence-electron chi connectivity index (χ0n) is 8.56. The molecule has 0 fully saturated rings. The fraction of sp³-hybridized carbons (Fsp3) is 0. The van der Waals surface area contributed by atoms with Gasteiger partial charge < -0.3 is 30.4 Å². The van der Waals surface area contributed by atoms with E-state index in [0.29, 0.717) is 0 Å². The molecular formula is H13AlCaFeMgO5Si. The van der Waals surface area contributed by atoms with Gasteiger partial charge in [0.1, 0.15) is 0 Å². The molecular weight excluding hydrogens is 255 g/mol. The van der Waals surface area contributed by atoms with E-state index in [0.717, 1.165) is 0 Å². The van der Waals surface area contributed by atoms with Crippen LogP contribution in [0.1, 0.15) is 5.71 Å². The van der Waals surface area contributed by atoms with Gasteiger partial charge in [0.15, 0.2) is 17.4 Å². The summed E-state index contributed by atoms with van der Waals surface area (Å²) in [7, 11) is -4.61. The van der Waals surface area contributed by atoms with Gasteiger partial charge in [-0.05, 0) is 0 Å². The Labute approximate surface area is 133 Å². The summed E-state index contributed by atoms with van der Waals surface area (Å²) in [4.78, 5) is 29.3. The fourth-order valence-corrected chi connectivity index (χ4v) is 0. The second-order valence-corrected chi connectivity index (χ2v) is 1.80. The topological polar surface area (TPSA) is 112 Å². The molecule has 0 aromatic rings. The maximum Gasteiger partial charge on any atom is 2.00 e. The summed E-state index contributed by atoms with van der Waals surface area (Å²) in [6.07, 6.45) is 0. The van der Waals surface area contributed by atoms with Crippen LogP contribution in [0.15, 0.2) is 0 Å². The molecule has 6 N–H and O–H groups in total. The van der Waals surface area contributed by atoms with Crippen molar-refractivity contribution in [1.29, 1.82) is 0 Å². The van der Waals surface area contributed by atoms with E-state index in [4.69, 9.17) is 19.2 Å². The standard InChI is InChI=1S/Al.Ca.Fe.Mg.H4O4Si.H2O.7H/c;;;;1-5(2,3)4;;;;;;;;/h;;;;1-4H;1H2;;;;;;;/q;+2;;+2;;;;;;4*-1. The van der Waals surface area contributed by atoms with Crippen molar-refractivity contribution in [3.05, 3.63) is 0 Å². The summed E-state index contributed by atoms with van der Waals surface area (Å²) in [5.74, 6) is 0. The van der Waals surface area contributed by atoms with Crippen LogP contribution in [-0.4, -0.2) is 112 Å². The molecule has 0 aliphatic carbocycles. The molecule has 0 aromatic carbocycles. The van der Waals surface area contributed by atoms with E-state index in [1.54, 1.807) is 0 Å². The Hall–Kier alpha value is 3.09. The molecule has 10 heteroatoms. The predicted octanol–water partition coefficient (Wildman–Crippen LogP) is -4.93. The average Bonchev–Trinajstić information content (AvgIpc) is 0.722. The Morgan fingerprint density at radius 3 is 1.00 bits per heavy atom. The SMILES string of the molecule is O.O[Si](O)(O)O.[AlH3].[Ca+2].[Fe].[H-].[H-].[H-].[H-].[Mg+2]. The minimum absolute atomic E-state index is 0. The Morgan fingerprint density at radius 2 is 1.00 bits per heavy atom. The first-order valence-corrected chi connectivity index (χ1v) is 2.68. The molecule has 0 saturated carbocycles. The van der Waals surface area contributed by atoms with E-state index in [1.807, 2.05) is 0 Å². The minimum Gasteiger partial charge on any atom is -1.00 e. The van der Waals surface area contributed by atoms with Gasteiger partial charge in [-0.25, -0.2) is 0 Å². The van der Waals surface area contributed by atoms with E-state index in [2.05, 4.69) is 0 Å². The number of rotatable bonds is 0. The number of hydrogen-bond donors (Lipinski definition) is 4. The van der Waals surface area contributed by atoms with Crippen LogP contribution in [0.2, 0.25) is 0 Å². The van der Waals surface area contributed by atoms with Gasteiger partial charge >= 0.3 is 69.8 Å². The van der Waals surface area contributed by atoms with Gasteiger partial charge in [-0.2, -0.15) is 0 Å². The van der Waals surface area contributed by atoms with Gasteiger partial charge in [0.05, 0.1) is 0 Å². The molecule has 5 nitrogen and oxygen atoms in total. The van der Waals surface area contributed by atoms with Gasteiger partial charge in [-0.1, -0.05) is 0 Å². The maximum absolute atomic E-state index is 7.33. The van der Waals surface area contributed by atoms with Gasteiger partial charge in [0.2, 0.25) is 0 Å². The summed E-state index contributed by atoms with van der Waals surface area (Å²) < 4.78 is 0. The second-order valence-electron chi connectivity index (χ2n) is 0.600. The van der Waals surface area contributed by atoms with Crippen LogP contribution in [0.25, 0.3) is 0 Å². The van der Waals surface area contributed by atoms with Crippen molar-refractivity contribution in [2.75, 3.05) is 0 Å². The van der Waals surface area contributed by atoms with E-state index in [9.17, 15) is 0 Å². The first kappa shape index (κ1) is 38.1. The third-order valence-electron chi connectivity index (χ3n) is 0. The Kier molecular flexibility index (Phi) is 68.5. The van der Waals surface area contributed by atoms with Crippen LogP contribution in [-0.2, 0) is 17.1 Å². The smallest absolute Gasteiger partial charge is 1.00 e. The van der Waals surface area contributed by atoms with E-state index in [1.165, 1.54) is 0 Å². The van der Waals surface area contributed by atoms with Gasteiger partial charge in [-0.3, -0.25) is 0 Å². The second kappa shape index (κ2) is 18.0. The normalized spacial score (nSPS) is 6.00. The van der Waals surface area contributed by atoms with Crippen molar-refractivity contribution in [2.24, 2.45) is 0 Å². The predicted molar refractivity (Wildman–Crippen MR) is 44.1 cm³/mol. The molecule has 62 valence electrons. The maximum atomic E-state index is 7.33. The average molecular weight is 268 g/mol. The molecule has 0 amide bonds. The Balaban J connectivity index is -0.00000000222. The summed E-state index contributed by atoms with van der Waals surface area (Å²) >= 11 is 0. The summed E-state index contributed by atoms with van der Waals surface area (Å²) in [5, 5.41) is 0. The van der Waals surface area contributed by atoms with Crippen molar-refractivity contribution < 1.29 is 47.4 Å². The first-order valence-electron chi connectivity index (χ1n) is 0.894. The molecule has 0 bridgehead atoms. The quantitative estimate of drug-likeness (QED) is 0.330. The van der Waals surface area contributed by atoms with Crippen molar-refractivity contribution in [3.63, 3.8) is 0 Å². The van der Waals surface area contributed by atoms with Gasteiger partial charge in [0.25, 0.3) is 0 Å². The van der Waals surface area contributed by atoms with Crippen molar-refractivity contribution >= 4 is 87.2 Å². The van der Waals surface area contributed by atoms with Crippen LogP contribution >= 0.6 is 0 Å². The van der Waals surface area contributed by atoms with Crippen LogP contribution in [0, 0.1) is 0 Å². The zero-order chi connectivity index (χ0) is 4.50. The molecule has 0 atom stereocenters. The van der Waals surface area contributed by atoms with E-state index >= 15 is 0 Å². The Bertz CT molecular complexity index is 49.2. The molecule has 0 radical (unpaired) electrons. The van der Waals surface area contributed by atoms with Crippen LogP contribution < -0.4 is 0 Å². The third kappa shape index (κ3) is 118. The summed E-state index contributed by atoms with van der Waals surface area (Å²) in [6, 6.07) is 0. The fourth-order valence-electron chi connectivity index (χ4n) is 0. The van der Waals surface area contributed by atoms with Crippen molar-refractivity contribution in [2.45, 2.75) is 0 Å². The minimum atomic E-state index is -4.61. The molecule has 0 saturated heterocycles. The van der Waals surface area contributed by atoms with Crippen LogP contribution in [0.4, 0.5) is 0 Å². The molecule has 0 rings (SSSR count). The monoisotopic (exact) mass is 268 g/mol. The molecule has 0 unspecified atom stereocenters. The zero-order valence-corrected chi connectivity index (χ0v) is 10.3.